The molecular formula is C20H17F3N2O4. The van der Waals surface area contributed by atoms with Crippen molar-refractivity contribution >= 4 is 29.1 Å². The molecule has 1 N–H and O–H groups in total. The first-order valence-corrected chi connectivity index (χ1v) is 8.52. The van der Waals surface area contributed by atoms with Gasteiger partial charge in [-0.1, -0.05) is 31.2 Å². The molecule has 0 heterocycles. The quantitative estimate of drug-likeness (QED) is 0.246. The Morgan fingerprint density at radius 1 is 1.17 bits per heavy atom. The lowest BCUT2D eigenvalue weighted by molar-refractivity contribution is -0.385. The molecule has 0 radical (unpaired) electrons. The lowest BCUT2D eigenvalue weighted by Crippen LogP contribution is -2.21. The molecule has 2 aromatic rings. The number of hydrogen-bond donors (Lipinski definition) is 1. The van der Waals surface area contributed by atoms with Crippen LogP contribution in [0.2, 0.25) is 0 Å². The Morgan fingerprint density at radius 2 is 1.83 bits per heavy atom. The van der Waals surface area contributed by atoms with Crippen LogP contribution in [0.25, 0.3) is 6.08 Å². The Morgan fingerprint density at radius 3 is 2.38 bits per heavy atom. The Hall–Kier alpha value is -3.49. The first-order valence-electron chi connectivity index (χ1n) is 8.52. The van der Waals surface area contributed by atoms with E-state index in [1.165, 1.54) is 30.3 Å². The number of alkyl halides is 3. The maximum Gasteiger partial charge on any atom is 0.418 e. The fraction of sp³-hybridized carbons (Fsp3) is 0.200. The van der Waals surface area contributed by atoms with Gasteiger partial charge in [-0.2, -0.15) is 13.2 Å². The van der Waals surface area contributed by atoms with E-state index in [0.29, 0.717) is 12.0 Å². The van der Waals surface area contributed by atoms with Gasteiger partial charge in [0.15, 0.2) is 5.78 Å². The number of rotatable bonds is 6. The molecule has 0 spiro atoms. The number of anilines is 1. The van der Waals surface area contributed by atoms with E-state index in [1.54, 1.807) is 6.92 Å². The number of nitro groups is 1. The SMILES string of the molecule is CCc1ccc(/C=C(\C(C)=O)C(=O)Nc2ccccc2C(F)(F)F)cc1[N+](=O)[O-]. The fourth-order valence-corrected chi connectivity index (χ4v) is 2.66. The molecule has 2 aromatic carbocycles. The number of hydrogen-bond acceptors (Lipinski definition) is 4. The molecule has 0 aliphatic carbocycles. The van der Waals surface area contributed by atoms with E-state index in [0.717, 1.165) is 25.1 Å². The monoisotopic (exact) mass is 406 g/mol. The molecule has 0 fully saturated rings. The van der Waals surface area contributed by atoms with Crippen molar-refractivity contribution < 1.29 is 27.7 Å². The fourth-order valence-electron chi connectivity index (χ4n) is 2.66. The van der Waals surface area contributed by atoms with Crippen LogP contribution in [0.15, 0.2) is 48.0 Å². The van der Waals surface area contributed by atoms with Crippen LogP contribution < -0.4 is 5.32 Å². The topological polar surface area (TPSA) is 89.3 Å². The van der Waals surface area contributed by atoms with Gasteiger partial charge in [-0.05, 0) is 37.1 Å². The van der Waals surface area contributed by atoms with Crippen molar-refractivity contribution in [1.29, 1.82) is 0 Å². The summed E-state index contributed by atoms with van der Waals surface area (Å²) >= 11 is 0. The number of nitrogens with zero attached hydrogens (tertiary/aromatic N) is 1. The second-order valence-electron chi connectivity index (χ2n) is 6.11. The molecule has 0 aliphatic heterocycles. The van der Waals surface area contributed by atoms with Gasteiger partial charge in [0.05, 0.1) is 21.7 Å². The number of halogens is 3. The molecule has 6 nitrogen and oxygen atoms in total. The summed E-state index contributed by atoms with van der Waals surface area (Å²) in [6.07, 6.45) is -3.17. The maximum absolute atomic E-state index is 13.1. The molecule has 0 aromatic heterocycles. The second-order valence-corrected chi connectivity index (χ2v) is 6.11. The van der Waals surface area contributed by atoms with Crippen molar-refractivity contribution in [2.75, 3.05) is 5.32 Å². The van der Waals surface area contributed by atoms with Crippen LogP contribution in [0.5, 0.6) is 0 Å². The average molecular weight is 406 g/mol. The van der Waals surface area contributed by atoms with E-state index in [-0.39, 0.29) is 11.3 Å². The number of para-hydroxylation sites is 1. The van der Waals surface area contributed by atoms with Crippen LogP contribution in [0.4, 0.5) is 24.5 Å². The van der Waals surface area contributed by atoms with E-state index in [9.17, 15) is 32.9 Å². The molecular weight excluding hydrogens is 389 g/mol. The van der Waals surface area contributed by atoms with Crippen LogP contribution in [-0.2, 0) is 22.2 Å². The lowest BCUT2D eigenvalue weighted by Gasteiger charge is -2.14. The number of aryl methyl sites for hydroxylation is 1. The van der Waals surface area contributed by atoms with Gasteiger partial charge in [0, 0.05) is 11.6 Å². The summed E-state index contributed by atoms with van der Waals surface area (Å²) in [5, 5.41) is 13.3. The minimum absolute atomic E-state index is 0.174. The summed E-state index contributed by atoms with van der Waals surface area (Å²) in [6, 6.07) is 8.56. The minimum atomic E-state index is -4.69. The van der Waals surface area contributed by atoms with Gasteiger partial charge < -0.3 is 5.32 Å². The van der Waals surface area contributed by atoms with Gasteiger partial charge in [-0.15, -0.1) is 0 Å². The molecule has 0 saturated heterocycles. The van der Waals surface area contributed by atoms with E-state index in [2.05, 4.69) is 5.32 Å². The molecule has 0 bridgehead atoms. The Labute approximate surface area is 164 Å². The van der Waals surface area contributed by atoms with E-state index in [4.69, 9.17) is 0 Å². The highest BCUT2D eigenvalue weighted by Gasteiger charge is 2.34. The zero-order chi connectivity index (χ0) is 21.8. The highest BCUT2D eigenvalue weighted by atomic mass is 19.4. The molecule has 0 unspecified atom stereocenters. The van der Waals surface area contributed by atoms with Gasteiger partial charge in [0.25, 0.3) is 11.6 Å². The van der Waals surface area contributed by atoms with Crippen molar-refractivity contribution in [2.24, 2.45) is 0 Å². The molecule has 0 atom stereocenters. The van der Waals surface area contributed by atoms with Crippen molar-refractivity contribution in [2.45, 2.75) is 26.4 Å². The normalized spacial score (nSPS) is 11.8. The van der Waals surface area contributed by atoms with Crippen LogP contribution in [0, 0.1) is 10.1 Å². The predicted octanol–water partition coefficient (Wildman–Crippen LogP) is 4.79. The molecule has 9 heteroatoms. The number of benzene rings is 2. The third kappa shape index (κ3) is 5.28. The number of amides is 1. The zero-order valence-electron chi connectivity index (χ0n) is 15.5. The van der Waals surface area contributed by atoms with Crippen LogP contribution in [0.3, 0.4) is 0 Å². The summed E-state index contributed by atoms with van der Waals surface area (Å²) in [5.74, 6) is -1.74. The first-order chi connectivity index (χ1) is 13.5. The largest absolute Gasteiger partial charge is 0.418 e. The Bertz CT molecular complexity index is 997. The zero-order valence-corrected chi connectivity index (χ0v) is 15.5. The number of Topliss-reactive ketones (excluding diaryl/α,β-unsaturated/α-hetero) is 1. The van der Waals surface area contributed by atoms with Gasteiger partial charge in [-0.3, -0.25) is 19.7 Å². The molecule has 152 valence electrons. The molecule has 2 rings (SSSR count). The summed E-state index contributed by atoms with van der Waals surface area (Å²) in [7, 11) is 0. The van der Waals surface area contributed by atoms with Crippen molar-refractivity contribution in [3.8, 4) is 0 Å². The van der Waals surface area contributed by atoms with E-state index >= 15 is 0 Å². The summed E-state index contributed by atoms with van der Waals surface area (Å²) in [5.41, 5.74) is -1.48. The van der Waals surface area contributed by atoms with Gasteiger partial charge in [0.1, 0.15) is 0 Å². The summed E-state index contributed by atoms with van der Waals surface area (Å²) in [6.45, 7) is 2.82. The molecule has 1 amide bonds. The summed E-state index contributed by atoms with van der Waals surface area (Å²) in [4.78, 5) is 35.0. The van der Waals surface area contributed by atoms with Crippen LogP contribution >= 0.6 is 0 Å². The smallest absolute Gasteiger partial charge is 0.321 e. The number of nitro benzene ring substituents is 1. The van der Waals surface area contributed by atoms with Crippen molar-refractivity contribution in [3.05, 3.63) is 74.8 Å². The predicted molar refractivity (Wildman–Crippen MR) is 101 cm³/mol. The Balaban J connectivity index is 2.43. The maximum atomic E-state index is 13.1. The molecule has 29 heavy (non-hydrogen) atoms. The number of carbonyl (C=O) groups is 2. The van der Waals surface area contributed by atoms with Crippen molar-refractivity contribution in [1.82, 2.24) is 0 Å². The first kappa shape index (κ1) is 21.8. The van der Waals surface area contributed by atoms with E-state index in [1.807, 2.05) is 0 Å². The number of nitrogens with one attached hydrogen (secondary N) is 1. The third-order valence-electron chi connectivity index (χ3n) is 4.10. The second kappa shape index (κ2) is 8.68. The molecule has 0 saturated carbocycles. The minimum Gasteiger partial charge on any atom is -0.321 e. The van der Waals surface area contributed by atoms with Crippen LogP contribution in [-0.4, -0.2) is 16.6 Å². The third-order valence-corrected chi connectivity index (χ3v) is 4.10. The van der Waals surface area contributed by atoms with Gasteiger partial charge in [-0.25, -0.2) is 0 Å². The Kier molecular flexibility index (Phi) is 6.53. The number of ketones is 1. The van der Waals surface area contributed by atoms with Gasteiger partial charge in [0.2, 0.25) is 0 Å². The van der Waals surface area contributed by atoms with Gasteiger partial charge >= 0.3 is 6.18 Å². The highest BCUT2D eigenvalue weighted by Crippen LogP contribution is 2.34. The van der Waals surface area contributed by atoms with E-state index < -0.39 is 39.6 Å². The molecule has 0 aliphatic rings. The summed E-state index contributed by atoms with van der Waals surface area (Å²) < 4.78 is 39.3. The highest BCUT2D eigenvalue weighted by molar-refractivity contribution is 6.25. The van der Waals surface area contributed by atoms with Crippen molar-refractivity contribution in [3.63, 3.8) is 0 Å². The standard InChI is InChI=1S/C20H17F3N2O4/c1-3-14-9-8-13(11-18(14)25(28)29)10-15(12(2)26)19(27)24-17-7-5-4-6-16(17)20(21,22)23/h4-11H,3H2,1-2H3,(H,24,27)/b15-10+. The average Bonchev–Trinajstić information content (AvgIpc) is 2.65. The number of carbonyl (C=O) groups excluding carboxylic acids is 2. The van der Waals surface area contributed by atoms with Crippen LogP contribution in [0.1, 0.15) is 30.5 Å². The lowest BCUT2D eigenvalue weighted by atomic mass is 10.0.